The quantitative estimate of drug-likeness (QED) is 0.476. The maximum absolute atomic E-state index is 12.6. The predicted molar refractivity (Wildman–Crippen MR) is 120 cm³/mol. The van der Waals surface area contributed by atoms with Gasteiger partial charge < -0.3 is 14.2 Å². The number of ether oxygens (including phenoxy) is 1. The van der Waals surface area contributed by atoms with Crippen LogP contribution in [0.1, 0.15) is 28.5 Å². The van der Waals surface area contributed by atoms with Gasteiger partial charge in [-0.1, -0.05) is 5.16 Å². The lowest BCUT2D eigenvalue weighted by Gasteiger charge is -2.39. The Morgan fingerprint density at radius 2 is 2.12 bits per heavy atom. The highest BCUT2D eigenvalue weighted by Crippen LogP contribution is 2.31. The lowest BCUT2D eigenvalue weighted by Crippen LogP contribution is -2.55. The number of amides is 1. The van der Waals surface area contributed by atoms with E-state index >= 15 is 0 Å². The first-order valence-electron chi connectivity index (χ1n) is 10.1. The van der Waals surface area contributed by atoms with Crippen molar-refractivity contribution in [2.24, 2.45) is 5.92 Å². The number of aromatic nitrogens is 2. The van der Waals surface area contributed by atoms with Crippen molar-refractivity contribution in [3.8, 4) is 16.6 Å². The number of pyridine rings is 1. The molecule has 11 nitrogen and oxygen atoms in total. The van der Waals surface area contributed by atoms with Gasteiger partial charge in [0.2, 0.25) is 5.91 Å². The zero-order valence-corrected chi connectivity index (χ0v) is 19.8. The van der Waals surface area contributed by atoms with Crippen molar-refractivity contribution in [3.63, 3.8) is 0 Å². The van der Waals surface area contributed by atoms with Gasteiger partial charge in [0.25, 0.3) is 10.0 Å². The Kier molecular flexibility index (Phi) is 6.36. The minimum absolute atomic E-state index is 0.0198. The van der Waals surface area contributed by atoms with Crippen molar-refractivity contribution < 1.29 is 27.3 Å². The van der Waals surface area contributed by atoms with Gasteiger partial charge >= 0.3 is 5.97 Å². The topological polar surface area (TPSA) is 155 Å². The number of aryl methyl sites for hydroxylation is 1. The summed E-state index contributed by atoms with van der Waals surface area (Å²) in [6.07, 6.45) is 1.38. The fourth-order valence-electron chi connectivity index (χ4n) is 3.36. The summed E-state index contributed by atoms with van der Waals surface area (Å²) in [6.45, 7) is 3.86. The summed E-state index contributed by atoms with van der Waals surface area (Å²) in [5.74, 6) is -1.49. The van der Waals surface area contributed by atoms with Gasteiger partial charge in [0.1, 0.15) is 28.1 Å². The summed E-state index contributed by atoms with van der Waals surface area (Å²) in [4.78, 5) is 31.3. The van der Waals surface area contributed by atoms with Crippen LogP contribution in [0.4, 0.5) is 5.82 Å². The van der Waals surface area contributed by atoms with Crippen LogP contribution in [0, 0.1) is 24.2 Å². The van der Waals surface area contributed by atoms with E-state index in [9.17, 15) is 23.3 Å². The van der Waals surface area contributed by atoms with Gasteiger partial charge in [-0.2, -0.15) is 5.26 Å². The minimum Gasteiger partial charge on any atom is -0.462 e. The molecule has 0 spiro atoms. The van der Waals surface area contributed by atoms with Crippen LogP contribution in [0.5, 0.6) is 0 Å². The third-order valence-electron chi connectivity index (χ3n) is 5.13. The fraction of sp³-hybridized carbons (Fsp3) is 0.286. The Morgan fingerprint density at radius 3 is 2.76 bits per heavy atom. The molecular formula is C21H19N5O6S2. The Labute approximate surface area is 199 Å². The van der Waals surface area contributed by atoms with Gasteiger partial charge in [-0.25, -0.2) is 22.9 Å². The monoisotopic (exact) mass is 501 g/mol. The molecule has 1 aliphatic rings. The van der Waals surface area contributed by atoms with E-state index in [0.29, 0.717) is 22.1 Å². The molecule has 3 aromatic heterocycles. The summed E-state index contributed by atoms with van der Waals surface area (Å²) >= 11 is 0.968. The summed E-state index contributed by atoms with van der Waals surface area (Å²) in [7, 11) is -4.05. The summed E-state index contributed by atoms with van der Waals surface area (Å²) in [6, 6.07) is 8.01. The van der Waals surface area contributed by atoms with E-state index in [2.05, 4.69) is 14.9 Å². The molecule has 1 fully saturated rings. The van der Waals surface area contributed by atoms with Crippen molar-refractivity contribution in [1.82, 2.24) is 14.9 Å². The molecule has 0 bridgehead atoms. The molecule has 0 radical (unpaired) electrons. The molecular weight excluding hydrogens is 482 g/mol. The van der Waals surface area contributed by atoms with Gasteiger partial charge in [-0.05, 0) is 32.0 Å². The van der Waals surface area contributed by atoms with E-state index in [-0.39, 0.29) is 35.0 Å². The molecule has 1 amide bonds. The van der Waals surface area contributed by atoms with E-state index in [4.69, 9.17) is 9.26 Å². The third kappa shape index (κ3) is 4.50. The maximum Gasteiger partial charge on any atom is 0.340 e. The molecule has 0 aliphatic carbocycles. The van der Waals surface area contributed by atoms with Gasteiger partial charge in [-0.3, -0.25) is 4.79 Å². The van der Waals surface area contributed by atoms with E-state index < -0.39 is 27.8 Å². The maximum atomic E-state index is 12.6. The number of hydrogen-bond donors (Lipinski definition) is 1. The van der Waals surface area contributed by atoms with Crippen molar-refractivity contribution in [3.05, 3.63) is 47.3 Å². The number of carbonyl (C=O) groups excluding carboxylic acids is 2. The largest absolute Gasteiger partial charge is 0.462 e. The molecule has 1 saturated heterocycles. The molecule has 0 atom stereocenters. The van der Waals surface area contributed by atoms with Gasteiger partial charge in [-0.15, -0.1) is 11.3 Å². The van der Waals surface area contributed by atoms with Crippen LogP contribution in [-0.4, -0.2) is 50.1 Å². The van der Waals surface area contributed by atoms with E-state index in [1.807, 2.05) is 6.07 Å². The molecule has 1 aliphatic heterocycles. The standard InChI is InChI=1S/C21H19N5O6S2/c1-3-31-21(28)15-8-13(9-22)19(23-12(15)2)26-10-14(11-26)20(27)25-34(29,30)18-5-4-17(33-18)16-6-7-32-24-16/h4-8,14H,3,10-11H2,1-2H3,(H,25,27). The first kappa shape index (κ1) is 23.4. The second kappa shape index (κ2) is 9.24. The van der Waals surface area contributed by atoms with Crippen LogP contribution < -0.4 is 9.62 Å². The van der Waals surface area contributed by atoms with E-state index in [1.54, 1.807) is 30.9 Å². The zero-order chi connectivity index (χ0) is 24.5. The minimum atomic E-state index is -4.05. The highest BCUT2D eigenvalue weighted by atomic mass is 32.2. The van der Waals surface area contributed by atoms with Crippen LogP contribution in [-0.2, 0) is 19.6 Å². The van der Waals surface area contributed by atoms with E-state index in [1.165, 1.54) is 18.4 Å². The molecule has 4 heterocycles. The fourth-order valence-corrected chi connectivity index (χ4v) is 5.67. The normalized spacial score (nSPS) is 13.7. The molecule has 4 rings (SSSR count). The van der Waals surface area contributed by atoms with Crippen LogP contribution in [0.3, 0.4) is 0 Å². The van der Waals surface area contributed by atoms with Crippen molar-refractivity contribution in [2.75, 3.05) is 24.6 Å². The molecule has 3 aromatic rings. The first-order chi connectivity index (χ1) is 16.2. The Morgan fingerprint density at radius 1 is 1.35 bits per heavy atom. The Balaban J connectivity index is 1.42. The molecule has 34 heavy (non-hydrogen) atoms. The number of anilines is 1. The predicted octanol–water partition coefficient (Wildman–Crippen LogP) is 2.10. The average molecular weight is 502 g/mol. The summed E-state index contributed by atoms with van der Waals surface area (Å²) in [5, 5.41) is 13.3. The lowest BCUT2D eigenvalue weighted by atomic mass is 9.98. The zero-order valence-electron chi connectivity index (χ0n) is 18.1. The van der Waals surface area contributed by atoms with Crippen LogP contribution in [0.25, 0.3) is 10.6 Å². The van der Waals surface area contributed by atoms with Crippen LogP contribution in [0.2, 0.25) is 0 Å². The summed E-state index contributed by atoms with van der Waals surface area (Å²) < 4.78 is 37.1. The number of rotatable bonds is 7. The molecule has 13 heteroatoms. The average Bonchev–Trinajstić information content (AvgIpc) is 3.45. The Hall–Kier alpha value is -3.76. The Bertz CT molecular complexity index is 1390. The number of carbonyl (C=O) groups is 2. The van der Waals surface area contributed by atoms with Crippen molar-refractivity contribution in [1.29, 1.82) is 5.26 Å². The van der Waals surface area contributed by atoms with E-state index in [0.717, 1.165) is 11.3 Å². The third-order valence-corrected chi connectivity index (χ3v) is 8.08. The molecule has 1 N–H and O–H groups in total. The van der Waals surface area contributed by atoms with Crippen molar-refractivity contribution in [2.45, 2.75) is 18.1 Å². The number of hydrogen-bond acceptors (Lipinski definition) is 11. The van der Waals surface area contributed by atoms with Gasteiger partial charge in [0, 0.05) is 19.2 Å². The number of nitrogens with one attached hydrogen (secondary N) is 1. The number of esters is 1. The van der Waals surface area contributed by atoms with Gasteiger partial charge in [0.15, 0.2) is 0 Å². The first-order valence-corrected chi connectivity index (χ1v) is 12.4. The van der Waals surface area contributed by atoms with Crippen molar-refractivity contribution >= 4 is 39.1 Å². The smallest absolute Gasteiger partial charge is 0.340 e. The number of nitrogens with zero attached hydrogens (tertiary/aromatic N) is 4. The lowest BCUT2D eigenvalue weighted by molar-refractivity contribution is -0.123. The molecule has 0 unspecified atom stereocenters. The number of nitriles is 1. The van der Waals surface area contributed by atoms with Gasteiger partial charge in [0.05, 0.1) is 34.2 Å². The van der Waals surface area contributed by atoms with Crippen LogP contribution in [0.15, 0.2) is 39.3 Å². The molecule has 176 valence electrons. The molecule has 0 saturated carbocycles. The summed E-state index contributed by atoms with van der Waals surface area (Å²) in [5.41, 5.74) is 1.25. The number of sulfonamides is 1. The van der Waals surface area contributed by atoms with Crippen LogP contribution >= 0.6 is 11.3 Å². The highest BCUT2D eigenvalue weighted by Gasteiger charge is 2.37. The SMILES string of the molecule is CCOC(=O)c1cc(C#N)c(N2CC(C(=O)NS(=O)(=O)c3ccc(-c4ccon4)s3)C2)nc1C. The highest BCUT2D eigenvalue weighted by molar-refractivity contribution is 7.92. The molecule has 0 aromatic carbocycles. The second-order valence-corrected chi connectivity index (χ2v) is 10.4. The second-order valence-electron chi connectivity index (χ2n) is 7.40. The number of thiophene rings is 1.